The molecule has 3 heterocycles. The van der Waals surface area contributed by atoms with Gasteiger partial charge in [-0.15, -0.1) is 0 Å². The second-order valence-electron chi connectivity index (χ2n) is 9.78. The van der Waals surface area contributed by atoms with E-state index in [1.807, 2.05) is 80.0 Å². The number of aryl methyl sites for hydroxylation is 1. The van der Waals surface area contributed by atoms with Crippen LogP contribution in [0.5, 0.6) is 11.5 Å². The van der Waals surface area contributed by atoms with Crippen LogP contribution in [0.4, 0.5) is 11.6 Å². The van der Waals surface area contributed by atoms with Crippen LogP contribution < -0.4 is 10.1 Å². The summed E-state index contributed by atoms with van der Waals surface area (Å²) in [7, 11) is 5.94. The molecule has 38 heavy (non-hydrogen) atoms. The van der Waals surface area contributed by atoms with Crippen LogP contribution in [0, 0.1) is 0 Å². The molecule has 5 rings (SSSR count). The lowest BCUT2D eigenvalue weighted by Gasteiger charge is -2.38. The van der Waals surface area contributed by atoms with Gasteiger partial charge < -0.3 is 29.2 Å². The number of hydrogen-bond acceptors (Lipinski definition) is 7. The van der Waals surface area contributed by atoms with Crippen LogP contribution in [0.2, 0.25) is 5.02 Å². The van der Waals surface area contributed by atoms with Gasteiger partial charge in [0.15, 0.2) is 0 Å². The Kier molecular flexibility index (Phi) is 7.51. The van der Waals surface area contributed by atoms with Gasteiger partial charge in [-0.2, -0.15) is 0 Å². The van der Waals surface area contributed by atoms with Crippen molar-refractivity contribution in [2.24, 2.45) is 7.05 Å². The lowest BCUT2D eigenvalue weighted by atomic mass is 10.1. The number of anilines is 2. The smallest absolute Gasteiger partial charge is 0.272 e. The number of rotatable bonds is 7. The van der Waals surface area contributed by atoms with Crippen LogP contribution >= 0.6 is 11.6 Å². The molecule has 198 valence electrons. The average Bonchev–Trinajstić information content (AvgIpc) is 3.20. The van der Waals surface area contributed by atoms with Crippen LogP contribution in [0.1, 0.15) is 17.4 Å². The van der Waals surface area contributed by atoms with Gasteiger partial charge in [0.25, 0.3) is 5.91 Å². The maximum atomic E-state index is 13.3. The first-order valence-corrected chi connectivity index (χ1v) is 12.8. The van der Waals surface area contributed by atoms with E-state index in [0.29, 0.717) is 41.3 Å². The summed E-state index contributed by atoms with van der Waals surface area (Å²) >= 11 is 5.99. The van der Waals surface area contributed by atoms with E-state index in [0.717, 1.165) is 23.3 Å². The SMILES string of the molecule is C[C@@H]1CO[C@H](CN(C)C)CN1C(=O)c1cc(Oc2ccc3c(c2)nc(Nc2ccc(Cl)cc2)n3C)ccn1. The van der Waals surface area contributed by atoms with Crippen molar-refractivity contribution in [2.45, 2.75) is 19.1 Å². The number of fused-ring (bicyclic) bond motifs is 1. The molecule has 1 saturated heterocycles. The van der Waals surface area contributed by atoms with Crippen molar-refractivity contribution < 1.29 is 14.3 Å². The summed E-state index contributed by atoms with van der Waals surface area (Å²) in [6.07, 6.45) is 1.56. The Labute approximate surface area is 226 Å². The molecule has 1 aliphatic heterocycles. The predicted molar refractivity (Wildman–Crippen MR) is 149 cm³/mol. The van der Waals surface area contributed by atoms with Crippen molar-refractivity contribution in [1.29, 1.82) is 0 Å². The highest BCUT2D eigenvalue weighted by atomic mass is 35.5. The van der Waals surface area contributed by atoms with Crippen molar-refractivity contribution in [3.8, 4) is 11.5 Å². The Morgan fingerprint density at radius 2 is 1.92 bits per heavy atom. The van der Waals surface area contributed by atoms with Crippen molar-refractivity contribution >= 4 is 40.2 Å². The molecule has 2 atom stereocenters. The number of morpholine rings is 1. The molecule has 9 nitrogen and oxygen atoms in total. The molecule has 1 aliphatic rings. The normalized spacial score (nSPS) is 17.7. The van der Waals surface area contributed by atoms with Crippen molar-refractivity contribution in [3.63, 3.8) is 0 Å². The number of carbonyl (C=O) groups excluding carboxylic acids is 1. The zero-order valence-electron chi connectivity index (χ0n) is 21.9. The molecule has 1 amide bonds. The first-order valence-electron chi connectivity index (χ1n) is 12.5. The number of amides is 1. The molecule has 0 spiro atoms. The second kappa shape index (κ2) is 11.0. The van der Waals surface area contributed by atoms with Crippen molar-refractivity contribution in [1.82, 2.24) is 24.3 Å². The third kappa shape index (κ3) is 5.75. The zero-order valence-corrected chi connectivity index (χ0v) is 22.6. The number of halogens is 1. The third-order valence-corrected chi connectivity index (χ3v) is 6.73. The molecule has 0 aliphatic carbocycles. The highest BCUT2D eigenvalue weighted by Crippen LogP contribution is 2.29. The maximum absolute atomic E-state index is 13.3. The number of carbonyl (C=O) groups is 1. The summed E-state index contributed by atoms with van der Waals surface area (Å²) in [5, 5.41) is 3.99. The van der Waals surface area contributed by atoms with Gasteiger partial charge in [0, 0.05) is 49.2 Å². The summed E-state index contributed by atoms with van der Waals surface area (Å²) in [6.45, 7) is 3.76. The summed E-state index contributed by atoms with van der Waals surface area (Å²) < 4.78 is 14.0. The predicted octanol–water partition coefficient (Wildman–Crippen LogP) is 4.95. The molecule has 1 fully saturated rings. The standard InChI is InChI=1S/C28H31ClN6O3/c1-18-17-37-23(15-33(2)3)16-35(18)27(36)25-14-22(11-12-30-25)38-21-9-10-26-24(13-21)32-28(34(26)4)31-20-7-5-19(29)6-8-20/h5-14,18,23H,15-17H2,1-4H3,(H,31,32)/t18-,23-/m1/s1. The number of ether oxygens (including phenoxy) is 2. The summed E-state index contributed by atoms with van der Waals surface area (Å²) in [5.74, 6) is 1.71. The number of likely N-dealkylation sites (N-methyl/N-ethyl adjacent to an activating group) is 1. The Morgan fingerprint density at radius 3 is 2.68 bits per heavy atom. The van der Waals surface area contributed by atoms with E-state index in [4.69, 9.17) is 26.1 Å². The number of pyridine rings is 1. The molecular formula is C28H31ClN6O3. The lowest BCUT2D eigenvalue weighted by Crippen LogP contribution is -2.53. The number of hydrogen-bond donors (Lipinski definition) is 1. The van der Waals surface area contributed by atoms with Crippen molar-refractivity contribution in [3.05, 3.63) is 71.5 Å². The molecule has 0 unspecified atom stereocenters. The van der Waals surface area contributed by atoms with Crippen LogP contribution in [0.25, 0.3) is 11.0 Å². The Hall–Kier alpha value is -3.66. The average molecular weight is 535 g/mol. The van der Waals surface area contributed by atoms with E-state index in [1.165, 1.54) is 0 Å². The quantitative estimate of drug-likeness (QED) is 0.359. The molecule has 2 aromatic heterocycles. The van der Waals surface area contributed by atoms with E-state index >= 15 is 0 Å². The summed E-state index contributed by atoms with van der Waals surface area (Å²) in [5.41, 5.74) is 2.96. The lowest BCUT2D eigenvalue weighted by molar-refractivity contribution is -0.0548. The Balaban J connectivity index is 1.32. The number of nitrogens with one attached hydrogen (secondary N) is 1. The van der Waals surface area contributed by atoms with Crippen LogP contribution in [0.3, 0.4) is 0 Å². The van der Waals surface area contributed by atoms with Gasteiger partial charge in [-0.05, 0) is 63.5 Å². The van der Waals surface area contributed by atoms with E-state index < -0.39 is 0 Å². The van der Waals surface area contributed by atoms with Gasteiger partial charge in [-0.1, -0.05) is 11.6 Å². The van der Waals surface area contributed by atoms with E-state index in [9.17, 15) is 4.79 Å². The molecule has 10 heteroatoms. The van der Waals surface area contributed by atoms with Gasteiger partial charge in [0.2, 0.25) is 5.95 Å². The molecular weight excluding hydrogens is 504 g/mol. The number of nitrogens with zero attached hydrogens (tertiary/aromatic N) is 5. The van der Waals surface area contributed by atoms with Gasteiger partial charge in [-0.3, -0.25) is 9.78 Å². The fourth-order valence-electron chi connectivity index (χ4n) is 4.51. The molecule has 0 radical (unpaired) electrons. The maximum Gasteiger partial charge on any atom is 0.272 e. The number of imidazole rings is 1. The Morgan fingerprint density at radius 1 is 1.16 bits per heavy atom. The fraction of sp³-hybridized carbons (Fsp3) is 0.321. The highest BCUT2D eigenvalue weighted by Gasteiger charge is 2.31. The topological polar surface area (TPSA) is 84.8 Å². The van der Waals surface area contributed by atoms with Gasteiger partial charge in [0.05, 0.1) is 29.8 Å². The summed E-state index contributed by atoms with van der Waals surface area (Å²) in [4.78, 5) is 26.3. The minimum atomic E-state index is -0.131. The molecule has 0 saturated carbocycles. The second-order valence-corrected chi connectivity index (χ2v) is 10.2. The van der Waals surface area contributed by atoms with Crippen LogP contribution in [-0.4, -0.2) is 76.2 Å². The largest absolute Gasteiger partial charge is 0.457 e. The van der Waals surface area contributed by atoms with Crippen LogP contribution in [-0.2, 0) is 11.8 Å². The zero-order chi connectivity index (χ0) is 26.8. The first kappa shape index (κ1) is 26.0. The van der Waals surface area contributed by atoms with Gasteiger partial charge in [-0.25, -0.2) is 4.98 Å². The van der Waals surface area contributed by atoms with Gasteiger partial charge in [0.1, 0.15) is 17.2 Å². The molecule has 4 aromatic rings. The first-order chi connectivity index (χ1) is 18.3. The van der Waals surface area contributed by atoms with Crippen LogP contribution in [0.15, 0.2) is 60.8 Å². The minimum Gasteiger partial charge on any atom is -0.457 e. The number of benzene rings is 2. The molecule has 1 N–H and O–H groups in total. The monoisotopic (exact) mass is 534 g/mol. The third-order valence-electron chi connectivity index (χ3n) is 6.47. The minimum absolute atomic E-state index is 0.0328. The van der Waals surface area contributed by atoms with Crippen molar-refractivity contribution in [2.75, 3.05) is 39.1 Å². The van der Waals surface area contributed by atoms with E-state index in [2.05, 4.69) is 15.2 Å². The highest BCUT2D eigenvalue weighted by molar-refractivity contribution is 6.30. The fourth-order valence-corrected chi connectivity index (χ4v) is 4.64. The molecule has 0 bridgehead atoms. The Bertz CT molecular complexity index is 1440. The van der Waals surface area contributed by atoms with E-state index in [1.54, 1.807) is 18.3 Å². The number of aromatic nitrogens is 3. The van der Waals surface area contributed by atoms with E-state index in [-0.39, 0.29) is 18.1 Å². The summed E-state index contributed by atoms with van der Waals surface area (Å²) in [6, 6.07) is 16.6. The van der Waals surface area contributed by atoms with Gasteiger partial charge >= 0.3 is 0 Å². The molecule has 2 aromatic carbocycles.